The summed E-state index contributed by atoms with van der Waals surface area (Å²) in [6.45, 7) is 0. The Hall–Kier alpha value is -1.67. The largest absolute Gasteiger partial charge is 0.478 e. The maximum Gasteiger partial charge on any atom is 0.336 e. The number of nitrogens with zero attached hydrogens (tertiary/aromatic N) is 2. The van der Waals surface area contributed by atoms with Gasteiger partial charge in [0, 0.05) is 17.7 Å². The number of sulfone groups is 1. The third-order valence-electron chi connectivity index (χ3n) is 2.95. The number of aromatic carboxylic acids is 1. The predicted molar refractivity (Wildman–Crippen MR) is 80.1 cm³/mol. The van der Waals surface area contributed by atoms with Gasteiger partial charge in [-0.2, -0.15) is 5.10 Å². The normalized spacial score (nSPS) is 11.5. The highest BCUT2D eigenvalue weighted by molar-refractivity contribution is 9.10. The molecule has 1 N–H and O–H groups in total. The molecule has 0 aliphatic carbocycles. The molecular formula is C13H13BrN2O4S. The molecule has 0 fully saturated rings. The summed E-state index contributed by atoms with van der Waals surface area (Å²) in [6, 6.07) is 4.00. The molecule has 0 amide bonds. The zero-order chi connectivity index (χ0) is 15.6. The van der Waals surface area contributed by atoms with Gasteiger partial charge in [0.1, 0.15) is 0 Å². The second kappa shape index (κ2) is 5.98. The number of benzene rings is 1. The van der Waals surface area contributed by atoms with E-state index in [9.17, 15) is 13.2 Å². The average molecular weight is 373 g/mol. The lowest BCUT2D eigenvalue weighted by molar-refractivity contribution is 0.0695. The molecule has 0 aliphatic rings. The minimum Gasteiger partial charge on any atom is -0.478 e. The molecule has 1 heterocycles. The number of aromatic nitrogens is 2. The quantitative estimate of drug-likeness (QED) is 0.865. The Morgan fingerprint density at radius 3 is 2.71 bits per heavy atom. The Morgan fingerprint density at radius 2 is 2.14 bits per heavy atom. The van der Waals surface area contributed by atoms with Gasteiger partial charge >= 0.3 is 5.97 Å². The van der Waals surface area contributed by atoms with Gasteiger partial charge in [0.2, 0.25) is 0 Å². The van der Waals surface area contributed by atoms with Crippen molar-refractivity contribution < 1.29 is 18.3 Å². The first kappa shape index (κ1) is 15.7. The fourth-order valence-electron chi connectivity index (χ4n) is 1.83. The fraction of sp³-hybridized carbons (Fsp3) is 0.231. The van der Waals surface area contributed by atoms with Crippen molar-refractivity contribution in [3.63, 3.8) is 0 Å². The van der Waals surface area contributed by atoms with E-state index >= 15 is 0 Å². The number of carbonyl (C=O) groups is 1. The number of hydrogen-bond acceptors (Lipinski definition) is 4. The standard InChI is InChI=1S/C13H13BrN2O4S/c1-16-8-9(7-15-16)4-5-21(19,20)10-2-3-12(14)11(6-10)13(17)18/h2-3,6-8H,4-5H2,1H3,(H,17,18). The molecule has 112 valence electrons. The number of halogens is 1. The third kappa shape index (κ3) is 3.70. The monoisotopic (exact) mass is 372 g/mol. The van der Waals surface area contributed by atoms with Gasteiger partial charge < -0.3 is 5.11 Å². The molecule has 0 unspecified atom stereocenters. The van der Waals surface area contributed by atoms with E-state index in [0.29, 0.717) is 10.9 Å². The number of carboxylic acids is 1. The smallest absolute Gasteiger partial charge is 0.336 e. The summed E-state index contributed by atoms with van der Waals surface area (Å²) < 4.78 is 26.5. The van der Waals surface area contributed by atoms with Crippen LogP contribution in [0.4, 0.5) is 0 Å². The zero-order valence-electron chi connectivity index (χ0n) is 11.2. The van der Waals surface area contributed by atoms with Crippen molar-refractivity contribution in [3.8, 4) is 0 Å². The van der Waals surface area contributed by atoms with Crippen molar-refractivity contribution in [1.29, 1.82) is 0 Å². The molecule has 21 heavy (non-hydrogen) atoms. The Bertz CT molecular complexity index is 783. The van der Waals surface area contributed by atoms with E-state index in [0.717, 1.165) is 5.56 Å². The van der Waals surface area contributed by atoms with Gasteiger partial charge in [0.05, 0.1) is 22.4 Å². The minimum absolute atomic E-state index is 0.00647. The van der Waals surface area contributed by atoms with Gasteiger partial charge in [-0.1, -0.05) is 0 Å². The summed E-state index contributed by atoms with van der Waals surface area (Å²) in [4.78, 5) is 11.1. The average Bonchev–Trinajstić information content (AvgIpc) is 2.82. The van der Waals surface area contributed by atoms with Gasteiger partial charge in [-0.3, -0.25) is 4.68 Å². The van der Waals surface area contributed by atoms with Gasteiger partial charge in [-0.15, -0.1) is 0 Å². The highest BCUT2D eigenvalue weighted by atomic mass is 79.9. The lowest BCUT2D eigenvalue weighted by Gasteiger charge is -2.06. The number of carboxylic acid groups (broad SMARTS) is 1. The topological polar surface area (TPSA) is 89.3 Å². The molecule has 8 heteroatoms. The molecular weight excluding hydrogens is 360 g/mol. The molecule has 2 aromatic rings. The van der Waals surface area contributed by atoms with Crippen LogP contribution in [0.15, 0.2) is 40.0 Å². The Morgan fingerprint density at radius 1 is 1.43 bits per heavy atom. The van der Waals surface area contributed by atoms with Crippen LogP contribution in [0.1, 0.15) is 15.9 Å². The Balaban J connectivity index is 2.23. The molecule has 0 bridgehead atoms. The van der Waals surface area contributed by atoms with Crippen LogP contribution in [0.3, 0.4) is 0 Å². The van der Waals surface area contributed by atoms with Crippen LogP contribution < -0.4 is 0 Å². The molecule has 0 aliphatic heterocycles. The van der Waals surface area contributed by atoms with Crippen LogP contribution in [-0.2, 0) is 23.3 Å². The minimum atomic E-state index is -3.54. The molecule has 0 spiro atoms. The van der Waals surface area contributed by atoms with Gasteiger partial charge in [0.15, 0.2) is 9.84 Å². The summed E-state index contributed by atoms with van der Waals surface area (Å²) >= 11 is 3.09. The summed E-state index contributed by atoms with van der Waals surface area (Å²) in [5, 5.41) is 13.0. The lowest BCUT2D eigenvalue weighted by Crippen LogP contribution is -2.10. The first-order valence-electron chi connectivity index (χ1n) is 6.03. The highest BCUT2D eigenvalue weighted by Gasteiger charge is 2.18. The fourth-order valence-corrected chi connectivity index (χ4v) is 3.56. The van der Waals surface area contributed by atoms with Crippen molar-refractivity contribution in [3.05, 3.63) is 46.2 Å². The van der Waals surface area contributed by atoms with E-state index in [1.807, 2.05) is 0 Å². The first-order chi connectivity index (χ1) is 9.79. The molecule has 0 radical (unpaired) electrons. The van der Waals surface area contributed by atoms with E-state index in [2.05, 4.69) is 21.0 Å². The third-order valence-corrected chi connectivity index (χ3v) is 5.35. The van der Waals surface area contributed by atoms with Crippen LogP contribution in [0.25, 0.3) is 0 Å². The summed E-state index contributed by atoms with van der Waals surface area (Å²) in [7, 11) is -1.79. The molecule has 1 aromatic carbocycles. The first-order valence-corrected chi connectivity index (χ1v) is 8.47. The maximum absolute atomic E-state index is 12.3. The number of rotatable bonds is 5. The molecule has 0 atom stereocenters. The molecule has 6 nitrogen and oxygen atoms in total. The van der Waals surface area contributed by atoms with Crippen LogP contribution in [0, 0.1) is 0 Å². The Kier molecular flexibility index (Phi) is 4.48. The highest BCUT2D eigenvalue weighted by Crippen LogP contribution is 2.22. The molecule has 1 aromatic heterocycles. The zero-order valence-corrected chi connectivity index (χ0v) is 13.6. The van der Waals surface area contributed by atoms with E-state index in [-0.39, 0.29) is 16.2 Å². The number of hydrogen-bond donors (Lipinski definition) is 1. The van der Waals surface area contributed by atoms with Crippen molar-refractivity contribution >= 4 is 31.7 Å². The number of aryl methyl sites for hydroxylation is 2. The van der Waals surface area contributed by atoms with E-state index in [1.165, 1.54) is 18.2 Å². The van der Waals surface area contributed by atoms with Gasteiger partial charge in [-0.25, -0.2) is 13.2 Å². The summed E-state index contributed by atoms with van der Waals surface area (Å²) in [5.74, 6) is -1.27. The van der Waals surface area contributed by atoms with Crippen LogP contribution in [0.2, 0.25) is 0 Å². The summed E-state index contributed by atoms with van der Waals surface area (Å²) in [5.41, 5.74) is 0.745. The van der Waals surface area contributed by atoms with Crippen LogP contribution in [0.5, 0.6) is 0 Å². The predicted octanol–water partition coefficient (Wildman–Crippen LogP) is 1.90. The van der Waals surface area contributed by atoms with Crippen molar-refractivity contribution in [2.24, 2.45) is 7.05 Å². The van der Waals surface area contributed by atoms with Crippen molar-refractivity contribution in [2.75, 3.05) is 5.75 Å². The summed E-state index contributed by atoms with van der Waals surface area (Å²) in [6.07, 6.45) is 3.69. The van der Waals surface area contributed by atoms with Gasteiger partial charge in [-0.05, 0) is 46.1 Å². The van der Waals surface area contributed by atoms with Crippen molar-refractivity contribution in [2.45, 2.75) is 11.3 Å². The molecule has 2 rings (SSSR count). The molecule has 0 saturated heterocycles. The SMILES string of the molecule is Cn1cc(CCS(=O)(=O)c2ccc(Br)c(C(=O)O)c2)cn1. The Labute approximate surface area is 130 Å². The van der Waals surface area contributed by atoms with Gasteiger partial charge in [0.25, 0.3) is 0 Å². The van der Waals surface area contributed by atoms with E-state index < -0.39 is 15.8 Å². The van der Waals surface area contributed by atoms with E-state index in [4.69, 9.17) is 5.11 Å². The van der Waals surface area contributed by atoms with Crippen LogP contribution in [-0.4, -0.2) is 35.0 Å². The maximum atomic E-state index is 12.3. The second-order valence-corrected chi connectivity index (χ2v) is 7.50. The van der Waals surface area contributed by atoms with E-state index in [1.54, 1.807) is 24.1 Å². The molecule has 0 saturated carbocycles. The van der Waals surface area contributed by atoms with Crippen LogP contribution >= 0.6 is 15.9 Å². The lowest BCUT2D eigenvalue weighted by atomic mass is 10.2. The van der Waals surface area contributed by atoms with Crippen molar-refractivity contribution in [1.82, 2.24) is 9.78 Å². The second-order valence-electron chi connectivity index (χ2n) is 4.54.